The molecular weight excluding hydrogens is 376 g/mol. The molecule has 2 aromatic carbocycles. The maximum absolute atomic E-state index is 13.5. The molecule has 0 aliphatic carbocycles. The number of hydrogen-bond acceptors (Lipinski definition) is 4. The first-order valence-corrected chi connectivity index (χ1v) is 10.7. The van der Waals surface area contributed by atoms with Gasteiger partial charge in [0.15, 0.2) is 5.69 Å². The maximum atomic E-state index is 13.5. The molecule has 5 nitrogen and oxygen atoms in total. The minimum Gasteiger partial charge on any atom is -0.489 e. The van der Waals surface area contributed by atoms with Gasteiger partial charge in [0.05, 0.1) is 11.6 Å². The van der Waals surface area contributed by atoms with Gasteiger partial charge in [0.25, 0.3) is 5.91 Å². The third kappa shape index (κ3) is 4.25. The Morgan fingerprint density at radius 2 is 1.90 bits per heavy atom. The lowest BCUT2D eigenvalue weighted by atomic mass is 9.94. The Morgan fingerprint density at radius 1 is 1.13 bits per heavy atom. The van der Waals surface area contributed by atoms with Gasteiger partial charge in [0, 0.05) is 6.54 Å². The normalized spacial score (nSPS) is 16.5. The zero-order chi connectivity index (χ0) is 20.9. The van der Waals surface area contributed by atoms with Gasteiger partial charge in [-0.1, -0.05) is 54.5 Å². The molecule has 5 heteroatoms. The first kappa shape index (κ1) is 20.2. The topological polar surface area (TPSA) is 55.6 Å². The van der Waals surface area contributed by atoms with Crippen LogP contribution in [0.1, 0.15) is 65.2 Å². The fraction of sp³-hybridized carbons (Fsp3) is 0.360. The van der Waals surface area contributed by atoms with E-state index in [0.717, 1.165) is 43.5 Å². The van der Waals surface area contributed by atoms with Crippen molar-refractivity contribution in [3.05, 3.63) is 82.7 Å². The molecule has 1 saturated heterocycles. The number of hydrogen-bond donors (Lipinski definition) is 0. The number of carbonyl (C=O) groups excluding carboxylic acids is 1. The second-order valence-electron chi connectivity index (χ2n) is 7.77. The molecule has 1 aliphatic heterocycles. The van der Waals surface area contributed by atoms with Gasteiger partial charge < -0.3 is 14.2 Å². The Morgan fingerprint density at radius 3 is 2.63 bits per heavy atom. The van der Waals surface area contributed by atoms with Gasteiger partial charge in [0.1, 0.15) is 18.1 Å². The van der Waals surface area contributed by atoms with E-state index >= 15 is 0 Å². The van der Waals surface area contributed by atoms with Gasteiger partial charge in [-0.25, -0.2) is 0 Å². The predicted octanol–water partition coefficient (Wildman–Crippen LogP) is 5.49. The minimum atomic E-state index is -0.0830. The van der Waals surface area contributed by atoms with Crippen LogP contribution in [0.4, 0.5) is 0 Å². The van der Waals surface area contributed by atoms with Crippen molar-refractivity contribution in [2.24, 2.45) is 0 Å². The number of rotatable bonds is 6. The van der Waals surface area contributed by atoms with Crippen molar-refractivity contribution in [2.75, 3.05) is 6.54 Å². The van der Waals surface area contributed by atoms with Crippen LogP contribution in [0.3, 0.4) is 0 Å². The monoisotopic (exact) mass is 404 g/mol. The molecule has 0 bridgehead atoms. The molecule has 1 fully saturated rings. The highest BCUT2D eigenvalue weighted by atomic mass is 16.5. The zero-order valence-electron chi connectivity index (χ0n) is 17.6. The van der Waals surface area contributed by atoms with E-state index in [1.807, 2.05) is 42.2 Å². The molecule has 1 unspecified atom stereocenters. The molecule has 156 valence electrons. The van der Waals surface area contributed by atoms with Gasteiger partial charge >= 0.3 is 0 Å². The van der Waals surface area contributed by atoms with Crippen molar-refractivity contribution in [2.45, 2.75) is 52.2 Å². The summed E-state index contributed by atoms with van der Waals surface area (Å²) in [6.45, 7) is 4.93. The Bertz CT molecular complexity index is 979. The number of piperidine rings is 1. The average molecular weight is 405 g/mol. The molecule has 4 rings (SSSR count). The number of aryl methyl sites for hydroxylation is 2. The van der Waals surface area contributed by atoms with Crippen molar-refractivity contribution < 1.29 is 14.1 Å². The molecule has 1 amide bonds. The number of nitrogens with zero attached hydrogens (tertiary/aromatic N) is 2. The molecule has 0 spiro atoms. The summed E-state index contributed by atoms with van der Waals surface area (Å²) in [4.78, 5) is 15.4. The fourth-order valence-corrected chi connectivity index (χ4v) is 4.04. The molecule has 1 aliphatic rings. The van der Waals surface area contributed by atoms with Crippen LogP contribution in [-0.2, 0) is 13.0 Å². The molecule has 0 radical (unpaired) electrons. The summed E-state index contributed by atoms with van der Waals surface area (Å²) < 4.78 is 11.3. The number of likely N-dealkylation sites (tertiary alicyclic amines) is 1. The molecule has 1 atom stereocenters. The third-order valence-electron chi connectivity index (χ3n) is 5.85. The number of aromatic nitrogens is 1. The summed E-state index contributed by atoms with van der Waals surface area (Å²) in [6, 6.07) is 18.3. The summed E-state index contributed by atoms with van der Waals surface area (Å²) in [5, 5.41) is 4.11. The fourth-order valence-electron chi connectivity index (χ4n) is 4.04. The second-order valence-corrected chi connectivity index (χ2v) is 7.77. The van der Waals surface area contributed by atoms with Crippen LogP contribution in [0, 0.1) is 6.92 Å². The van der Waals surface area contributed by atoms with E-state index in [9.17, 15) is 4.79 Å². The molecular formula is C25H28N2O3. The van der Waals surface area contributed by atoms with Crippen LogP contribution < -0.4 is 4.74 Å². The summed E-state index contributed by atoms with van der Waals surface area (Å²) >= 11 is 0. The SMILES string of the molecule is CCc1ccc(OCc2c(C(=O)N3CCCCC3c3ccccc3)noc2C)cc1. The maximum Gasteiger partial charge on any atom is 0.276 e. The summed E-state index contributed by atoms with van der Waals surface area (Å²) in [6.07, 6.45) is 4.07. The molecule has 3 aromatic rings. The predicted molar refractivity (Wildman–Crippen MR) is 115 cm³/mol. The quantitative estimate of drug-likeness (QED) is 0.545. The Balaban J connectivity index is 1.53. The summed E-state index contributed by atoms with van der Waals surface area (Å²) in [5.41, 5.74) is 3.51. The highest BCUT2D eigenvalue weighted by Crippen LogP contribution is 2.32. The van der Waals surface area contributed by atoms with Crippen molar-refractivity contribution in [1.82, 2.24) is 10.1 Å². The molecule has 2 heterocycles. The highest BCUT2D eigenvalue weighted by molar-refractivity contribution is 5.94. The van der Waals surface area contributed by atoms with E-state index < -0.39 is 0 Å². The smallest absolute Gasteiger partial charge is 0.276 e. The van der Waals surface area contributed by atoms with E-state index in [-0.39, 0.29) is 18.6 Å². The van der Waals surface area contributed by atoms with Crippen LogP contribution in [0.2, 0.25) is 0 Å². The van der Waals surface area contributed by atoms with E-state index in [0.29, 0.717) is 11.5 Å². The lowest BCUT2D eigenvalue weighted by Crippen LogP contribution is -2.39. The first-order valence-electron chi connectivity index (χ1n) is 10.7. The van der Waals surface area contributed by atoms with Crippen molar-refractivity contribution in [3.8, 4) is 5.75 Å². The number of amides is 1. The van der Waals surface area contributed by atoms with Crippen molar-refractivity contribution >= 4 is 5.91 Å². The molecule has 0 saturated carbocycles. The average Bonchev–Trinajstić information content (AvgIpc) is 3.18. The largest absolute Gasteiger partial charge is 0.489 e. The van der Waals surface area contributed by atoms with Crippen LogP contribution in [0.15, 0.2) is 59.1 Å². The van der Waals surface area contributed by atoms with E-state index in [2.05, 4.69) is 36.3 Å². The van der Waals surface area contributed by atoms with Crippen LogP contribution in [0.25, 0.3) is 0 Å². The molecule has 1 aromatic heterocycles. The number of carbonyl (C=O) groups is 1. The Labute approximate surface area is 177 Å². The van der Waals surface area contributed by atoms with Gasteiger partial charge in [0.2, 0.25) is 0 Å². The lowest BCUT2D eigenvalue weighted by molar-refractivity contribution is 0.0598. The van der Waals surface area contributed by atoms with Crippen LogP contribution in [0.5, 0.6) is 5.75 Å². The Hall–Kier alpha value is -3.08. The summed E-state index contributed by atoms with van der Waals surface area (Å²) in [7, 11) is 0. The lowest BCUT2D eigenvalue weighted by Gasteiger charge is -2.35. The second kappa shape index (κ2) is 9.16. The molecule has 30 heavy (non-hydrogen) atoms. The highest BCUT2D eigenvalue weighted by Gasteiger charge is 2.32. The van der Waals surface area contributed by atoms with Crippen molar-refractivity contribution in [3.63, 3.8) is 0 Å². The van der Waals surface area contributed by atoms with Crippen LogP contribution >= 0.6 is 0 Å². The van der Waals surface area contributed by atoms with Gasteiger partial charge in [-0.05, 0) is 55.9 Å². The Kier molecular flexibility index (Phi) is 6.17. The van der Waals surface area contributed by atoms with E-state index in [1.54, 1.807) is 0 Å². The molecule has 0 N–H and O–H groups in total. The first-order chi connectivity index (χ1) is 14.7. The third-order valence-corrected chi connectivity index (χ3v) is 5.85. The van der Waals surface area contributed by atoms with Crippen LogP contribution in [-0.4, -0.2) is 22.5 Å². The van der Waals surface area contributed by atoms with Gasteiger partial charge in [-0.15, -0.1) is 0 Å². The number of ether oxygens (including phenoxy) is 1. The van der Waals surface area contributed by atoms with E-state index in [1.165, 1.54) is 11.1 Å². The zero-order valence-corrected chi connectivity index (χ0v) is 17.6. The van der Waals surface area contributed by atoms with E-state index in [4.69, 9.17) is 9.26 Å². The van der Waals surface area contributed by atoms with Crippen molar-refractivity contribution in [1.29, 1.82) is 0 Å². The number of benzene rings is 2. The summed E-state index contributed by atoms with van der Waals surface area (Å²) in [5.74, 6) is 1.31. The van der Waals surface area contributed by atoms with Gasteiger partial charge in [-0.3, -0.25) is 4.79 Å². The standard InChI is InChI=1S/C25H28N2O3/c1-3-19-12-14-21(15-13-19)29-17-22-18(2)30-26-24(22)25(28)27-16-8-7-11-23(27)20-9-5-4-6-10-20/h4-6,9-10,12-15,23H,3,7-8,11,16-17H2,1-2H3. The van der Waals surface area contributed by atoms with Gasteiger partial charge in [-0.2, -0.15) is 0 Å². The minimum absolute atomic E-state index is 0.0693.